The molecule has 0 radical (unpaired) electrons. The van der Waals surface area contributed by atoms with E-state index >= 15 is 0 Å². The van der Waals surface area contributed by atoms with Gasteiger partial charge in [0, 0.05) is 23.5 Å². The molecule has 1 aliphatic heterocycles. The van der Waals surface area contributed by atoms with Crippen LogP contribution >= 0.6 is 11.3 Å². The van der Waals surface area contributed by atoms with Gasteiger partial charge < -0.3 is 4.74 Å². The van der Waals surface area contributed by atoms with E-state index in [0.29, 0.717) is 0 Å². The minimum absolute atomic E-state index is 0.161. The van der Waals surface area contributed by atoms with E-state index < -0.39 is 0 Å². The molecular formula is C15H17NOS. The van der Waals surface area contributed by atoms with Crippen molar-refractivity contribution in [3.05, 3.63) is 52.2 Å². The highest BCUT2D eigenvalue weighted by Crippen LogP contribution is 2.32. The van der Waals surface area contributed by atoms with Crippen molar-refractivity contribution in [1.82, 2.24) is 4.90 Å². The van der Waals surface area contributed by atoms with Crippen LogP contribution in [-0.2, 0) is 6.54 Å². The zero-order chi connectivity index (χ0) is 12.4. The lowest BCUT2D eigenvalue weighted by atomic mass is 10.2. The largest absolute Gasteiger partial charge is 0.483 e. The molecule has 1 aromatic heterocycles. The Morgan fingerprint density at radius 2 is 2.17 bits per heavy atom. The third kappa shape index (κ3) is 2.28. The quantitative estimate of drug-likeness (QED) is 0.815. The van der Waals surface area contributed by atoms with Crippen LogP contribution < -0.4 is 4.74 Å². The molecule has 0 spiro atoms. The molecule has 3 heteroatoms. The van der Waals surface area contributed by atoms with Crippen molar-refractivity contribution in [2.24, 2.45) is 0 Å². The number of fused-ring (bicyclic) bond motifs is 1. The fraction of sp³-hybridized carbons (Fsp3) is 0.333. The van der Waals surface area contributed by atoms with E-state index in [2.05, 4.69) is 47.5 Å². The summed E-state index contributed by atoms with van der Waals surface area (Å²) in [6.45, 7) is 5.21. The highest BCUT2D eigenvalue weighted by Gasteiger charge is 2.23. The maximum Gasteiger partial charge on any atom is 0.145 e. The summed E-state index contributed by atoms with van der Waals surface area (Å²) in [6.07, 6.45) is 0.161. The standard InChI is InChI=1S/C15H17NOS/c1-2-16-10-12-6-3-4-7-13(12)17-14(11-16)15-8-5-9-18-15/h3-9,14H,2,10-11H2,1H3. The molecule has 1 unspecified atom stereocenters. The zero-order valence-electron chi connectivity index (χ0n) is 10.5. The Bertz CT molecular complexity index is 509. The predicted octanol–water partition coefficient (Wildman–Crippen LogP) is 3.70. The number of thiophene rings is 1. The lowest BCUT2D eigenvalue weighted by molar-refractivity contribution is 0.155. The Labute approximate surface area is 112 Å². The third-order valence-corrected chi connectivity index (χ3v) is 4.33. The summed E-state index contributed by atoms with van der Waals surface area (Å²) in [7, 11) is 0. The van der Waals surface area contributed by atoms with E-state index in [0.717, 1.165) is 25.4 Å². The normalized spacial score (nSPS) is 19.9. The monoisotopic (exact) mass is 259 g/mol. The molecule has 0 fully saturated rings. The lowest BCUT2D eigenvalue weighted by Gasteiger charge is -2.21. The molecule has 1 aliphatic rings. The van der Waals surface area contributed by atoms with Crippen LogP contribution in [0.15, 0.2) is 41.8 Å². The van der Waals surface area contributed by atoms with Gasteiger partial charge in [-0.15, -0.1) is 11.3 Å². The SMILES string of the molecule is CCN1Cc2ccccc2OC(c2cccs2)C1. The highest BCUT2D eigenvalue weighted by atomic mass is 32.1. The van der Waals surface area contributed by atoms with E-state index in [4.69, 9.17) is 4.74 Å². The molecule has 0 saturated carbocycles. The van der Waals surface area contributed by atoms with E-state index in [1.54, 1.807) is 11.3 Å². The van der Waals surface area contributed by atoms with Gasteiger partial charge >= 0.3 is 0 Å². The Morgan fingerprint density at radius 1 is 1.28 bits per heavy atom. The Balaban J connectivity index is 1.94. The van der Waals surface area contributed by atoms with Crippen LogP contribution in [0.5, 0.6) is 5.75 Å². The molecule has 94 valence electrons. The second kappa shape index (κ2) is 5.12. The number of rotatable bonds is 2. The van der Waals surface area contributed by atoms with Gasteiger partial charge in [-0.2, -0.15) is 0 Å². The summed E-state index contributed by atoms with van der Waals surface area (Å²) in [6, 6.07) is 12.6. The van der Waals surface area contributed by atoms with Gasteiger partial charge in [-0.25, -0.2) is 0 Å². The van der Waals surface area contributed by atoms with Gasteiger partial charge in [0.15, 0.2) is 0 Å². The summed E-state index contributed by atoms with van der Waals surface area (Å²) in [5.74, 6) is 1.03. The van der Waals surface area contributed by atoms with Crippen molar-refractivity contribution in [1.29, 1.82) is 0 Å². The van der Waals surface area contributed by atoms with E-state index in [-0.39, 0.29) is 6.10 Å². The van der Waals surface area contributed by atoms with Crippen LogP contribution in [-0.4, -0.2) is 18.0 Å². The van der Waals surface area contributed by atoms with Crippen LogP contribution in [0.25, 0.3) is 0 Å². The average Bonchev–Trinajstić information content (AvgIpc) is 2.86. The van der Waals surface area contributed by atoms with E-state index in [1.165, 1.54) is 10.4 Å². The van der Waals surface area contributed by atoms with Crippen LogP contribution in [0.4, 0.5) is 0 Å². The van der Waals surface area contributed by atoms with Gasteiger partial charge in [0.2, 0.25) is 0 Å². The molecule has 0 saturated heterocycles. The van der Waals surface area contributed by atoms with Crippen LogP contribution in [0.2, 0.25) is 0 Å². The minimum atomic E-state index is 0.161. The molecule has 0 aliphatic carbocycles. The van der Waals surface area contributed by atoms with Gasteiger partial charge in [0.05, 0.1) is 0 Å². The van der Waals surface area contributed by atoms with Crippen molar-refractivity contribution in [3.63, 3.8) is 0 Å². The molecular weight excluding hydrogens is 242 g/mol. The van der Waals surface area contributed by atoms with E-state index in [9.17, 15) is 0 Å². The number of nitrogens with zero attached hydrogens (tertiary/aromatic N) is 1. The van der Waals surface area contributed by atoms with Crippen molar-refractivity contribution in [3.8, 4) is 5.75 Å². The molecule has 1 aromatic carbocycles. The van der Waals surface area contributed by atoms with Gasteiger partial charge in [-0.05, 0) is 24.1 Å². The van der Waals surface area contributed by atoms with Crippen LogP contribution in [0, 0.1) is 0 Å². The number of likely N-dealkylation sites (N-methyl/N-ethyl adjacent to an activating group) is 1. The fourth-order valence-corrected chi connectivity index (χ4v) is 3.09. The van der Waals surface area contributed by atoms with Crippen LogP contribution in [0.1, 0.15) is 23.5 Å². The second-order valence-electron chi connectivity index (χ2n) is 4.56. The number of hydrogen-bond acceptors (Lipinski definition) is 3. The Kier molecular flexibility index (Phi) is 3.35. The molecule has 2 heterocycles. The molecule has 18 heavy (non-hydrogen) atoms. The van der Waals surface area contributed by atoms with Gasteiger partial charge in [-0.1, -0.05) is 31.2 Å². The van der Waals surface area contributed by atoms with Gasteiger partial charge in [0.1, 0.15) is 11.9 Å². The van der Waals surface area contributed by atoms with Crippen molar-refractivity contribution < 1.29 is 4.74 Å². The number of benzene rings is 1. The third-order valence-electron chi connectivity index (χ3n) is 3.37. The first-order valence-corrected chi connectivity index (χ1v) is 7.25. The number of para-hydroxylation sites is 1. The Morgan fingerprint density at radius 3 is 2.94 bits per heavy atom. The first kappa shape index (κ1) is 11.8. The summed E-state index contributed by atoms with van der Waals surface area (Å²) in [4.78, 5) is 3.75. The molecule has 0 amide bonds. The lowest BCUT2D eigenvalue weighted by Crippen LogP contribution is -2.27. The predicted molar refractivity (Wildman–Crippen MR) is 75.1 cm³/mol. The topological polar surface area (TPSA) is 12.5 Å². The molecule has 3 rings (SSSR count). The second-order valence-corrected chi connectivity index (χ2v) is 5.54. The molecule has 1 atom stereocenters. The minimum Gasteiger partial charge on any atom is -0.483 e. The van der Waals surface area contributed by atoms with Crippen LogP contribution in [0.3, 0.4) is 0 Å². The van der Waals surface area contributed by atoms with Gasteiger partial charge in [-0.3, -0.25) is 4.90 Å². The summed E-state index contributed by atoms with van der Waals surface area (Å²) in [5.41, 5.74) is 1.29. The maximum atomic E-state index is 6.20. The molecule has 2 aromatic rings. The summed E-state index contributed by atoms with van der Waals surface area (Å²) in [5, 5.41) is 2.12. The van der Waals surface area contributed by atoms with E-state index in [1.807, 2.05) is 6.07 Å². The average molecular weight is 259 g/mol. The van der Waals surface area contributed by atoms with Crippen molar-refractivity contribution in [2.75, 3.05) is 13.1 Å². The molecule has 0 bridgehead atoms. The smallest absolute Gasteiger partial charge is 0.145 e. The first-order valence-electron chi connectivity index (χ1n) is 6.37. The van der Waals surface area contributed by atoms with Crippen molar-refractivity contribution in [2.45, 2.75) is 19.6 Å². The van der Waals surface area contributed by atoms with Gasteiger partial charge in [0.25, 0.3) is 0 Å². The summed E-state index contributed by atoms with van der Waals surface area (Å²) >= 11 is 1.77. The number of ether oxygens (including phenoxy) is 1. The summed E-state index contributed by atoms with van der Waals surface area (Å²) < 4.78 is 6.20. The Hall–Kier alpha value is -1.32. The van der Waals surface area contributed by atoms with Crippen molar-refractivity contribution >= 4 is 11.3 Å². The fourth-order valence-electron chi connectivity index (χ4n) is 2.34. The molecule has 0 N–H and O–H groups in total. The zero-order valence-corrected chi connectivity index (χ0v) is 11.3. The first-order chi connectivity index (χ1) is 8.86. The number of hydrogen-bond donors (Lipinski definition) is 0. The maximum absolute atomic E-state index is 6.20. The molecule has 2 nitrogen and oxygen atoms in total. The highest BCUT2D eigenvalue weighted by molar-refractivity contribution is 7.10.